The van der Waals surface area contributed by atoms with Crippen molar-refractivity contribution in [1.82, 2.24) is 0 Å². The molecule has 0 bridgehead atoms. The predicted molar refractivity (Wildman–Crippen MR) is 117 cm³/mol. The second-order valence-corrected chi connectivity index (χ2v) is 8.58. The molecule has 1 heteroatoms. The van der Waals surface area contributed by atoms with Crippen LogP contribution in [0.5, 0.6) is 0 Å². The first-order valence-corrected chi connectivity index (χ1v) is 9.89. The van der Waals surface area contributed by atoms with Crippen LogP contribution in [-0.4, -0.2) is 0 Å². The molecule has 0 atom stereocenters. The van der Waals surface area contributed by atoms with Crippen molar-refractivity contribution < 1.29 is 0 Å². The maximum absolute atomic E-state index is 2.49. The first-order valence-electron chi connectivity index (χ1n) is 9.89. The number of allylic oxidation sites excluding steroid dienone is 5. The van der Waals surface area contributed by atoms with Crippen LogP contribution in [0.1, 0.15) is 52.7 Å². The summed E-state index contributed by atoms with van der Waals surface area (Å²) in [6, 6.07) is 17.7. The van der Waals surface area contributed by atoms with E-state index in [9.17, 15) is 0 Å². The van der Waals surface area contributed by atoms with Gasteiger partial charge in [0.25, 0.3) is 0 Å². The van der Waals surface area contributed by atoms with Crippen LogP contribution in [-0.2, 0) is 10.8 Å². The van der Waals surface area contributed by atoms with E-state index in [-0.39, 0.29) is 10.8 Å². The van der Waals surface area contributed by atoms with Gasteiger partial charge in [0.2, 0.25) is 0 Å². The molecule has 1 nitrogen and oxygen atoms in total. The molecule has 2 heterocycles. The molecule has 27 heavy (non-hydrogen) atoms. The molecule has 0 saturated heterocycles. The lowest BCUT2D eigenvalue weighted by atomic mass is 9.65. The Kier molecular flexibility index (Phi) is 3.96. The minimum atomic E-state index is -0.0500. The minimum absolute atomic E-state index is 0.0353. The van der Waals surface area contributed by atoms with Crippen molar-refractivity contribution >= 4 is 11.4 Å². The first kappa shape index (κ1) is 17.9. The van der Waals surface area contributed by atoms with E-state index in [2.05, 4.69) is 113 Å². The lowest BCUT2D eigenvalue weighted by Crippen LogP contribution is -2.42. The quantitative estimate of drug-likeness (QED) is 0.523. The Morgan fingerprint density at radius 2 is 1.26 bits per heavy atom. The molecule has 0 spiro atoms. The molecule has 138 valence electrons. The number of hydrogen-bond acceptors (Lipinski definition) is 1. The molecular formula is C26H29N. The van der Waals surface area contributed by atoms with Crippen LogP contribution < -0.4 is 4.90 Å². The molecule has 0 saturated carbocycles. The van der Waals surface area contributed by atoms with Gasteiger partial charge in [0, 0.05) is 10.8 Å². The first-order chi connectivity index (χ1) is 12.9. The summed E-state index contributed by atoms with van der Waals surface area (Å²) in [5.41, 5.74) is 9.42. The summed E-state index contributed by atoms with van der Waals surface area (Å²) in [5.74, 6) is 0. The van der Waals surface area contributed by atoms with Gasteiger partial charge in [-0.1, -0.05) is 82.3 Å². The van der Waals surface area contributed by atoms with Gasteiger partial charge in [-0.05, 0) is 48.3 Å². The van der Waals surface area contributed by atoms with Crippen LogP contribution in [0, 0.1) is 0 Å². The summed E-state index contributed by atoms with van der Waals surface area (Å²) >= 11 is 0. The Bertz CT molecular complexity index is 998. The average Bonchev–Trinajstić information content (AvgIpc) is 2.65. The molecule has 0 aliphatic carbocycles. The van der Waals surface area contributed by atoms with Gasteiger partial charge in [0.1, 0.15) is 0 Å². The molecule has 2 aliphatic rings. The van der Waals surface area contributed by atoms with Crippen molar-refractivity contribution in [2.45, 2.75) is 52.4 Å². The maximum Gasteiger partial charge on any atom is 0.0540 e. The number of fused-ring (bicyclic) bond motifs is 5. The minimum Gasteiger partial charge on any atom is -0.309 e. The highest BCUT2D eigenvalue weighted by atomic mass is 15.2. The molecular weight excluding hydrogens is 326 g/mol. The molecule has 0 unspecified atom stereocenters. The smallest absolute Gasteiger partial charge is 0.0540 e. The third-order valence-electron chi connectivity index (χ3n) is 6.34. The van der Waals surface area contributed by atoms with Crippen LogP contribution in [0.3, 0.4) is 0 Å². The zero-order valence-electron chi connectivity index (χ0n) is 17.3. The van der Waals surface area contributed by atoms with Crippen molar-refractivity contribution in [2.24, 2.45) is 0 Å². The Labute approximate surface area is 163 Å². The van der Waals surface area contributed by atoms with E-state index < -0.39 is 0 Å². The van der Waals surface area contributed by atoms with Gasteiger partial charge >= 0.3 is 0 Å². The molecule has 2 aromatic carbocycles. The normalized spacial score (nSPS) is 21.3. The highest BCUT2D eigenvalue weighted by Crippen LogP contribution is 2.57. The zero-order valence-corrected chi connectivity index (χ0v) is 17.3. The fraction of sp³-hybridized carbons (Fsp3) is 0.308. The van der Waals surface area contributed by atoms with Crippen molar-refractivity contribution in [2.75, 3.05) is 4.90 Å². The van der Waals surface area contributed by atoms with Crippen LogP contribution in [0.4, 0.5) is 11.4 Å². The number of rotatable bonds is 1. The van der Waals surface area contributed by atoms with Gasteiger partial charge in [-0.3, -0.25) is 0 Å². The molecule has 2 aliphatic heterocycles. The van der Waals surface area contributed by atoms with Crippen molar-refractivity contribution in [3.63, 3.8) is 0 Å². The van der Waals surface area contributed by atoms with Crippen LogP contribution in [0.25, 0.3) is 0 Å². The monoisotopic (exact) mass is 355 g/mol. The fourth-order valence-electron chi connectivity index (χ4n) is 4.98. The molecule has 0 fully saturated rings. The van der Waals surface area contributed by atoms with Crippen LogP contribution in [0.15, 0.2) is 83.6 Å². The molecule has 0 N–H and O–H groups in total. The summed E-state index contributed by atoms with van der Waals surface area (Å²) in [7, 11) is 0. The second kappa shape index (κ2) is 5.99. The van der Waals surface area contributed by atoms with Crippen molar-refractivity contribution in [3.05, 3.63) is 94.7 Å². The van der Waals surface area contributed by atoms with E-state index in [4.69, 9.17) is 0 Å². The van der Waals surface area contributed by atoms with Gasteiger partial charge in [-0.15, -0.1) is 0 Å². The van der Waals surface area contributed by atoms with Crippen LogP contribution in [0.2, 0.25) is 0 Å². The van der Waals surface area contributed by atoms with E-state index in [0.29, 0.717) is 0 Å². The predicted octanol–water partition coefficient (Wildman–Crippen LogP) is 7.18. The van der Waals surface area contributed by atoms with Crippen molar-refractivity contribution in [3.8, 4) is 0 Å². The lowest BCUT2D eigenvalue weighted by molar-refractivity contribution is 0.574. The van der Waals surface area contributed by atoms with Gasteiger partial charge in [-0.25, -0.2) is 0 Å². The number of anilines is 2. The molecule has 4 rings (SSSR count). The maximum atomic E-state index is 2.49. The van der Waals surface area contributed by atoms with E-state index in [1.54, 1.807) is 0 Å². The van der Waals surface area contributed by atoms with Gasteiger partial charge in [0.05, 0.1) is 17.1 Å². The summed E-state index contributed by atoms with van der Waals surface area (Å²) in [6.07, 6.45) is 6.80. The van der Waals surface area contributed by atoms with E-state index in [0.717, 1.165) is 0 Å². The number of nitrogens with zero attached hydrogens (tertiary/aromatic N) is 1. The van der Waals surface area contributed by atoms with E-state index in [1.165, 1.54) is 39.3 Å². The summed E-state index contributed by atoms with van der Waals surface area (Å²) in [4.78, 5) is 2.49. The van der Waals surface area contributed by atoms with Gasteiger partial charge in [0.15, 0.2) is 0 Å². The highest BCUT2D eigenvalue weighted by Gasteiger charge is 2.46. The molecule has 0 amide bonds. The lowest BCUT2D eigenvalue weighted by Gasteiger charge is -2.50. The Balaban J connectivity index is 2.20. The fourth-order valence-corrected chi connectivity index (χ4v) is 4.98. The third kappa shape index (κ3) is 2.31. The highest BCUT2D eigenvalue weighted by molar-refractivity contribution is 5.86. The zero-order chi connectivity index (χ0) is 19.4. The SMILES string of the molecule is C/C=C\C1=C2C(=C\C)/C(C)(C)c3ccccc3N2c2ccccc2C1(C)C. The number of benzene rings is 2. The van der Waals surface area contributed by atoms with E-state index >= 15 is 0 Å². The second-order valence-electron chi connectivity index (χ2n) is 8.58. The topological polar surface area (TPSA) is 3.24 Å². The standard InChI is InChI=1S/C26H29N/c1-7-13-21-24-18(8-2)25(3,4)19-14-9-11-16-22(19)27(24)23-17-12-10-15-20(23)26(21,5)6/h7-17H,1-6H3/b13-7-,18-8+. The van der Waals surface area contributed by atoms with E-state index in [1.807, 2.05) is 0 Å². The Morgan fingerprint density at radius 3 is 1.78 bits per heavy atom. The van der Waals surface area contributed by atoms with Gasteiger partial charge in [-0.2, -0.15) is 0 Å². The molecule has 0 aromatic heterocycles. The summed E-state index contributed by atoms with van der Waals surface area (Å²) in [6.45, 7) is 13.7. The summed E-state index contributed by atoms with van der Waals surface area (Å²) < 4.78 is 0. The molecule has 0 radical (unpaired) electrons. The number of para-hydroxylation sites is 2. The Morgan fingerprint density at radius 1 is 0.741 bits per heavy atom. The van der Waals surface area contributed by atoms with Gasteiger partial charge < -0.3 is 4.90 Å². The average molecular weight is 356 g/mol. The third-order valence-corrected chi connectivity index (χ3v) is 6.34. The molecule has 2 aromatic rings. The summed E-state index contributed by atoms with van der Waals surface area (Å²) in [5, 5.41) is 0. The largest absolute Gasteiger partial charge is 0.309 e. The van der Waals surface area contributed by atoms with Crippen molar-refractivity contribution in [1.29, 1.82) is 0 Å². The Hall–Kier alpha value is -2.54. The number of hydrogen-bond donors (Lipinski definition) is 0. The van der Waals surface area contributed by atoms with Crippen LogP contribution >= 0.6 is 0 Å².